The SMILES string of the molecule is Cc1cccnc1Nc1ccc([C@@H]2CN(Cc3ccnn3C)CCO2)nc1. The summed E-state index contributed by atoms with van der Waals surface area (Å²) >= 11 is 0. The predicted octanol–water partition coefficient (Wildman–Crippen LogP) is 2.84. The van der Waals surface area contributed by atoms with Crippen LogP contribution >= 0.6 is 0 Å². The van der Waals surface area contributed by atoms with Crippen LogP contribution in [0.5, 0.6) is 0 Å². The van der Waals surface area contributed by atoms with E-state index in [0.717, 1.165) is 42.4 Å². The number of nitrogens with one attached hydrogen (secondary N) is 1. The molecule has 4 rings (SSSR count). The molecule has 0 aromatic carbocycles. The maximum Gasteiger partial charge on any atom is 0.133 e. The summed E-state index contributed by atoms with van der Waals surface area (Å²) in [5.41, 5.74) is 4.17. The Bertz CT molecular complexity index is 891. The highest BCUT2D eigenvalue weighted by Gasteiger charge is 2.23. The number of hydrogen-bond donors (Lipinski definition) is 1. The zero-order chi connectivity index (χ0) is 18.6. The quantitative estimate of drug-likeness (QED) is 0.751. The van der Waals surface area contributed by atoms with E-state index >= 15 is 0 Å². The minimum Gasteiger partial charge on any atom is -0.369 e. The molecule has 3 aromatic heterocycles. The highest BCUT2D eigenvalue weighted by atomic mass is 16.5. The maximum atomic E-state index is 5.96. The largest absolute Gasteiger partial charge is 0.369 e. The molecule has 3 aromatic rings. The molecule has 1 saturated heterocycles. The summed E-state index contributed by atoms with van der Waals surface area (Å²) in [5, 5.41) is 7.56. The van der Waals surface area contributed by atoms with E-state index in [4.69, 9.17) is 4.74 Å². The van der Waals surface area contributed by atoms with Gasteiger partial charge in [0.05, 0.1) is 29.9 Å². The van der Waals surface area contributed by atoms with Crippen LogP contribution in [0, 0.1) is 6.92 Å². The second-order valence-electron chi connectivity index (χ2n) is 6.81. The van der Waals surface area contributed by atoms with E-state index in [1.54, 1.807) is 6.20 Å². The van der Waals surface area contributed by atoms with Crippen LogP contribution in [0.25, 0.3) is 0 Å². The van der Waals surface area contributed by atoms with Crippen LogP contribution in [-0.4, -0.2) is 44.3 Å². The van der Waals surface area contributed by atoms with Crippen LogP contribution in [0.2, 0.25) is 0 Å². The lowest BCUT2D eigenvalue weighted by molar-refractivity contribution is -0.0356. The van der Waals surface area contributed by atoms with Gasteiger partial charge in [-0.05, 0) is 36.8 Å². The normalized spacial score (nSPS) is 17.8. The molecule has 140 valence electrons. The van der Waals surface area contributed by atoms with E-state index in [1.165, 1.54) is 5.69 Å². The van der Waals surface area contributed by atoms with Crippen LogP contribution in [0.1, 0.15) is 23.1 Å². The Morgan fingerprint density at radius 2 is 2.11 bits per heavy atom. The average Bonchev–Trinajstić information content (AvgIpc) is 3.09. The van der Waals surface area contributed by atoms with Gasteiger partial charge < -0.3 is 10.1 Å². The lowest BCUT2D eigenvalue weighted by atomic mass is 10.1. The molecule has 0 saturated carbocycles. The second-order valence-corrected chi connectivity index (χ2v) is 6.81. The number of morpholine rings is 1. The Labute approximate surface area is 159 Å². The molecule has 0 spiro atoms. The summed E-state index contributed by atoms with van der Waals surface area (Å²) in [6.07, 6.45) is 5.44. The summed E-state index contributed by atoms with van der Waals surface area (Å²) in [5.74, 6) is 0.850. The molecule has 1 fully saturated rings. The molecule has 1 N–H and O–H groups in total. The van der Waals surface area contributed by atoms with Crippen molar-refractivity contribution >= 4 is 11.5 Å². The van der Waals surface area contributed by atoms with Crippen LogP contribution in [-0.2, 0) is 18.3 Å². The van der Waals surface area contributed by atoms with Gasteiger partial charge in [-0.15, -0.1) is 0 Å². The van der Waals surface area contributed by atoms with Crippen LogP contribution in [0.3, 0.4) is 0 Å². The Balaban J connectivity index is 1.41. The van der Waals surface area contributed by atoms with E-state index in [2.05, 4.69) is 31.3 Å². The summed E-state index contributed by atoms with van der Waals surface area (Å²) < 4.78 is 7.88. The number of rotatable bonds is 5. The molecule has 1 aliphatic heterocycles. The molecular weight excluding hydrogens is 340 g/mol. The summed E-state index contributed by atoms with van der Waals surface area (Å²) in [6.45, 7) is 5.35. The maximum absolute atomic E-state index is 5.96. The van der Waals surface area contributed by atoms with Gasteiger partial charge in [-0.2, -0.15) is 5.10 Å². The molecule has 27 heavy (non-hydrogen) atoms. The van der Waals surface area contributed by atoms with Crippen LogP contribution in [0.15, 0.2) is 48.9 Å². The number of aryl methyl sites for hydroxylation is 2. The van der Waals surface area contributed by atoms with E-state index < -0.39 is 0 Å². The van der Waals surface area contributed by atoms with Crippen LogP contribution < -0.4 is 5.32 Å². The number of anilines is 2. The van der Waals surface area contributed by atoms with Gasteiger partial charge in [0.15, 0.2) is 0 Å². The number of pyridine rings is 2. The summed E-state index contributed by atoms with van der Waals surface area (Å²) in [7, 11) is 1.98. The highest BCUT2D eigenvalue weighted by molar-refractivity contribution is 5.57. The van der Waals surface area contributed by atoms with Crippen molar-refractivity contribution in [2.24, 2.45) is 7.05 Å². The van der Waals surface area contributed by atoms with Crippen molar-refractivity contribution in [3.05, 3.63) is 65.9 Å². The number of nitrogens with zero attached hydrogens (tertiary/aromatic N) is 5. The third-order valence-corrected chi connectivity index (χ3v) is 4.85. The van der Waals surface area contributed by atoms with E-state index in [0.29, 0.717) is 6.61 Å². The van der Waals surface area contributed by atoms with Crippen molar-refractivity contribution in [2.45, 2.75) is 19.6 Å². The Morgan fingerprint density at radius 1 is 1.19 bits per heavy atom. The van der Waals surface area contributed by atoms with Crippen LogP contribution in [0.4, 0.5) is 11.5 Å². The first kappa shape index (κ1) is 17.6. The fraction of sp³-hybridized carbons (Fsp3) is 0.350. The molecule has 0 aliphatic carbocycles. The molecule has 0 unspecified atom stereocenters. The molecule has 0 bridgehead atoms. The van der Waals surface area contributed by atoms with Gasteiger partial charge in [0, 0.05) is 39.1 Å². The van der Waals surface area contributed by atoms with Crippen molar-refractivity contribution in [2.75, 3.05) is 25.0 Å². The van der Waals surface area contributed by atoms with Crippen molar-refractivity contribution in [3.63, 3.8) is 0 Å². The minimum atomic E-state index is -0.0161. The van der Waals surface area contributed by atoms with Gasteiger partial charge in [0.25, 0.3) is 0 Å². The fourth-order valence-electron chi connectivity index (χ4n) is 3.23. The molecule has 7 nitrogen and oxygen atoms in total. The van der Waals surface area contributed by atoms with Gasteiger partial charge in [0.2, 0.25) is 0 Å². The van der Waals surface area contributed by atoms with Gasteiger partial charge >= 0.3 is 0 Å². The third kappa shape index (κ3) is 4.15. The van der Waals surface area contributed by atoms with E-state index in [1.807, 2.05) is 55.3 Å². The molecule has 1 aliphatic rings. The van der Waals surface area contributed by atoms with Crippen molar-refractivity contribution in [1.29, 1.82) is 0 Å². The highest BCUT2D eigenvalue weighted by Crippen LogP contribution is 2.24. The fourth-order valence-corrected chi connectivity index (χ4v) is 3.23. The third-order valence-electron chi connectivity index (χ3n) is 4.85. The van der Waals surface area contributed by atoms with Gasteiger partial charge in [-0.1, -0.05) is 6.07 Å². The second kappa shape index (κ2) is 7.85. The van der Waals surface area contributed by atoms with E-state index in [9.17, 15) is 0 Å². The first-order valence-electron chi connectivity index (χ1n) is 9.14. The predicted molar refractivity (Wildman–Crippen MR) is 104 cm³/mol. The average molecular weight is 364 g/mol. The number of ether oxygens (including phenoxy) is 1. The van der Waals surface area contributed by atoms with Crippen molar-refractivity contribution in [1.82, 2.24) is 24.6 Å². The van der Waals surface area contributed by atoms with Gasteiger partial charge in [-0.25, -0.2) is 4.98 Å². The standard InChI is InChI=1S/C20H24N6O/c1-15-4-3-8-21-20(15)24-16-5-6-18(22-12-16)19-14-26(10-11-27-19)13-17-7-9-23-25(17)2/h3-9,12,19H,10-11,13-14H2,1-2H3,(H,21,24)/t19-/m0/s1. The Hall–Kier alpha value is -2.77. The lowest BCUT2D eigenvalue weighted by Crippen LogP contribution is -2.38. The topological polar surface area (TPSA) is 68.1 Å². The molecule has 4 heterocycles. The summed E-state index contributed by atoms with van der Waals surface area (Å²) in [6, 6.07) is 10.1. The van der Waals surface area contributed by atoms with Gasteiger partial charge in [0.1, 0.15) is 11.9 Å². The van der Waals surface area contributed by atoms with E-state index in [-0.39, 0.29) is 6.10 Å². The minimum absolute atomic E-state index is 0.0161. The monoisotopic (exact) mass is 364 g/mol. The zero-order valence-corrected chi connectivity index (χ0v) is 15.7. The van der Waals surface area contributed by atoms with Gasteiger partial charge in [-0.3, -0.25) is 14.6 Å². The Kier molecular flexibility index (Phi) is 5.13. The summed E-state index contributed by atoms with van der Waals surface area (Å²) in [4.78, 5) is 11.4. The first-order valence-corrected chi connectivity index (χ1v) is 9.14. The molecule has 0 radical (unpaired) electrons. The lowest BCUT2D eigenvalue weighted by Gasteiger charge is -2.32. The molecule has 1 atom stereocenters. The number of hydrogen-bond acceptors (Lipinski definition) is 6. The molecular formula is C20H24N6O. The molecule has 7 heteroatoms. The molecule has 0 amide bonds. The zero-order valence-electron chi connectivity index (χ0n) is 15.7. The smallest absolute Gasteiger partial charge is 0.133 e. The van der Waals surface area contributed by atoms with Crippen molar-refractivity contribution in [3.8, 4) is 0 Å². The number of aromatic nitrogens is 4. The first-order chi connectivity index (χ1) is 13.2. The Morgan fingerprint density at radius 3 is 2.85 bits per heavy atom. The van der Waals surface area contributed by atoms with Crippen molar-refractivity contribution < 1.29 is 4.74 Å².